The van der Waals surface area contributed by atoms with E-state index >= 15 is 0 Å². The number of sulfonamides is 1. The van der Waals surface area contributed by atoms with E-state index in [0.29, 0.717) is 5.56 Å². The zero-order chi connectivity index (χ0) is 20.5. The Morgan fingerprint density at radius 3 is 2.43 bits per heavy atom. The van der Waals surface area contributed by atoms with Gasteiger partial charge in [-0.1, -0.05) is 18.2 Å². The maximum Gasteiger partial charge on any atom is 0.251 e. The Balaban J connectivity index is 1.70. The van der Waals surface area contributed by atoms with E-state index < -0.39 is 16.1 Å². The van der Waals surface area contributed by atoms with Crippen molar-refractivity contribution in [3.05, 3.63) is 65.9 Å². The molecule has 7 nitrogen and oxygen atoms in total. The predicted octanol–water partition coefficient (Wildman–Crippen LogP) is 1.89. The van der Waals surface area contributed by atoms with E-state index in [1.165, 1.54) is 38.4 Å². The highest BCUT2D eigenvalue weighted by Crippen LogP contribution is 2.25. The highest BCUT2D eigenvalue weighted by Gasteiger charge is 2.19. The van der Waals surface area contributed by atoms with Gasteiger partial charge < -0.3 is 15.0 Å². The minimum absolute atomic E-state index is 0.0462. The first-order chi connectivity index (χ1) is 13.2. The Labute approximate surface area is 164 Å². The lowest BCUT2D eigenvalue weighted by Gasteiger charge is -2.13. The lowest BCUT2D eigenvalue weighted by molar-refractivity contribution is 0.0917. The average Bonchev–Trinajstić information content (AvgIpc) is 3.03. The van der Waals surface area contributed by atoms with Gasteiger partial charge in [0, 0.05) is 55.9 Å². The van der Waals surface area contributed by atoms with Gasteiger partial charge in [0.1, 0.15) is 0 Å². The van der Waals surface area contributed by atoms with Crippen LogP contribution in [0.25, 0.3) is 10.9 Å². The minimum atomic E-state index is -3.54. The second-order valence-electron chi connectivity index (χ2n) is 6.75. The van der Waals surface area contributed by atoms with Crippen LogP contribution in [0.1, 0.15) is 22.0 Å². The van der Waals surface area contributed by atoms with Crippen molar-refractivity contribution < 1.29 is 18.3 Å². The van der Waals surface area contributed by atoms with Crippen molar-refractivity contribution in [1.29, 1.82) is 0 Å². The number of aromatic nitrogens is 1. The summed E-state index contributed by atoms with van der Waals surface area (Å²) in [5, 5.41) is 14.2. The maximum atomic E-state index is 12.4. The minimum Gasteiger partial charge on any atom is -0.386 e. The third-order valence-electron chi connectivity index (χ3n) is 4.64. The third kappa shape index (κ3) is 3.80. The largest absolute Gasteiger partial charge is 0.386 e. The molecule has 1 atom stereocenters. The van der Waals surface area contributed by atoms with E-state index in [4.69, 9.17) is 0 Å². The Bertz CT molecular complexity index is 1100. The fourth-order valence-corrected chi connectivity index (χ4v) is 3.93. The van der Waals surface area contributed by atoms with Gasteiger partial charge in [-0.2, -0.15) is 0 Å². The van der Waals surface area contributed by atoms with Crippen molar-refractivity contribution in [2.45, 2.75) is 11.0 Å². The van der Waals surface area contributed by atoms with E-state index in [0.717, 1.165) is 20.8 Å². The summed E-state index contributed by atoms with van der Waals surface area (Å²) in [6, 6.07) is 13.4. The van der Waals surface area contributed by atoms with Crippen LogP contribution >= 0.6 is 0 Å². The van der Waals surface area contributed by atoms with Gasteiger partial charge in [0.2, 0.25) is 10.0 Å². The number of aliphatic hydroxyl groups excluding tert-OH is 1. The van der Waals surface area contributed by atoms with Gasteiger partial charge in [-0.3, -0.25) is 4.79 Å². The van der Waals surface area contributed by atoms with Crippen molar-refractivity contribution in [2.24, 2.45) is 7.05 Å². The number of amides is 1. The molecule has 28 heavy (non-hydrogen) atoms. The molecule has 2 aromatic carbocycles. The first-order valence-electron chi connectivity index (χ1n) is 8.74. The maximum absolute atomic E-state index is 12.4. The summed E-state index contributed by atoms with van der Waals surface area (Å²) in [4.78, 5) is 12.5. The Hall–Kier alpha value is -2.68. The molecule has 0 saturated carbocycles. The lowest BCUT2D eigenvalue weighted by atomic mass is 10.1. The predicted molar refractivity (Wildman–Crippen MR) is 108 cm³/mol. The molecule has 0 bridgehead atoms. The molecule has 148 valence electrons. The van der Waals surface area contributed by atoms with E-state index in [-0.39, 0.29) is 17.3 Å². The molecular formula is C20H23N3O4S. The van der Waals surface area contributed by atoms with Crippen LogP contribution in [0.3, 0.4) is 0 Å². The fourth-order valence-electron chi connectivity index (χ4n) is 3.03. The molecule has 2 N–H and O–H groups in total. The Morgan fingerprint density at radius 2 is 1.79 bits per heavy atom. The second-order valence-corrected chi connectivity index (χ2v) is 8.90. The summed E-state index contributed by atoms with van der Waals surface area (Å²) >= 11 is 0. The van der Waals surface area contributed by atoms with Crippen LogP contribution in [0, 0.1) is 0 Å². The third-order valence-corrected chi connectivity index (χ3v) is 6.47. The number of rotatable bonds is 6. The number of aliphatic hydroxyl groups is 1. The zero-order valence-corrected chi connectivity index (χ0v) is 16.8. The smallest absolute Gasteiger partial charge is 0.251 e. The van der Waals surface area contributed by atoms with Crippen LogP contribution in [0.4, 0.5) is 0 Å². The van der Waals surface area contributed by atoms with Gasteiger partial charge in [-0.15, -0.1) is 0 Å². The summed E-state index contributed by atoms with van der Waals surface area (Å²) in [6.07, 6.45) is 0.992. The van der Waals surface area contributed by atoms with Gasteiger partial charge in [0.05, 0.1) is 11.0 Å². The number of aryl methyl sites for hydroxylation is 1. The Morgan fingerprint density at radius 1 is 1.14 bits per heavy atom. The summed E-state index contributed by atoms with van der Waals surface area (Å²) in [5.41, 5.74) is 2.06. The number of nitrogens with zero attached hydrogens (tertiary/aromatic N) is 2. The molecule has 0 aliphatic rings. The first-order valence-corrected chi connectivity index (χ1v) is 10.2. The molecule has 8 heteroatoms. The summed E-state index contributed by atoms with van der Waals surface area (Å²) in [5.74, 6) is -0.381. The van der Waals surface area contributed by atoms with Crippen LogP contribution in [-0.2, 0) is 17.1 Å². The van der Waals surface area contributed by atoms with Gasteiger partial charge in [-0.05, 0) is 30.3 Å². The van der Waals surface area contributed by atoms with E-state index in [1.54, 1.807) is 0 Å². The monoisotopic (exact) mass is 401 g/mol. The lowest BCUT2D eigenvalue weighted by Crippen LogP contribution is -2.28. The Kier molecular flexibility index (Phi) is 5.55. The molecule has 0 unspecified atom stereocenters. The van der Waals surface area contributed by atoms with Crippen molar-refractivity contribution in [3.63, 3.8) is 0 Å². The molecule has 0 fully saturated rings. The molecule has 0 radical (unpaired) electrons. The summed E-state index contributed by atoms with van der Waals surface area (Å²) < 4.78 is 27.2. The van der Waals surface area contributed by atoms with E-state index in [1.807, 2.05) is 42.1 Å². The number of nitrogens with one attached hydrogen (secondary N) is 1. The number of carbonyl (C=O) groups is 1. The summed E-state index contributed by atoms with van der Waals surface area (Å²) in [7, 11) is 1.26. The van der Waals surface area contributed by atoms with Crippen molar-refractivity contribution in [2.75, 3.05) is 20.6 Å². The fraction of sp³-hybridized carbons (Fsp3) is 0.250. The second kappa shape index (κ2) is 7.75. The van der Waals surface area contributed by atoms with Crippen molar-refractivity contribution >= 4 is 26.8 Å². The van der Waals surface area contributed by atoms with Gasteiger partial charge in [0.25, 0.3) is 5.91 Å². The number of hydrogen-bond donors (Lipinski definition) is 2. The number of benzene rings is 2. The molecule has 1 amide bonds. The SMILES string of the molecule is CN(C)S(=O)(=O)c1ccc(C(=O)NC[C@H](O)c2cn(C)c3ccccc23)cc1. The normalized spacial score (nSPS) is 13.0. The number of para-hydroxylation sites is 1. The highest BCUT2D eigenvalue weighted by molar-refractivity contribution is 7.89. The standard InChI is InChI=1S/C20H23N3O4S/c1-22(2)28(26,27)15-10-8-14(9-11-15)20(25)21-12-19(24)17-13-23(3)18-7-5-4-6-16(17)18/h4-11,13,19,24H,12H2,1-3H3,(H,21,25)/t19-/m0/s1. The first kappa shape index (κ1) is 20.1. The molecule has 3 aromatic rings. The van der Waals surface area contributed by atoms with Crippen LogP contribution in [-0.4, -0.2) is 48.9 Å². The van der Waals surface area contributed by atoms with Gasteiger partial charge in [0.15, 0.2) is 0 Å². The number of hydrogen-bond acceptors (Lipinski definition) is 4. The summed E-state index contributed by atoms with van der Waals surface area (Å²) in [6.45, 7) is 0.0462. The van der Waals surface area contributed by atoms with Crippen LogP contribution < -0.4 is 5.32 Å². The highest BCUT2D eigenvalue weighted by atomic mass is 32.2. The van der Waals surface area contributed by atoms with Gasteiger partial charge >= 0.3 is 0 Å². The molecular weight excluding hydrogens is 378 g/mol. The van der Waals surface area contributed by atoms with E-state index in [2.05, 4.69) is 5.32 Å². The molecule has 1 heterocycles. The quantitative estimate of drug-likeness (QED) is 0.660. The molecule has 0 spiro atoms. The average molecular weight is 401 g/mol. The van der Waals surface area contributed by atoms with Crippen molar-refractivity contribution in [3.8, 4) is 0 Å². The van der Waals surface area contributed by atoms with E-state index in [9.17, 15) is 18.3 Å². The van der Waals surface area contributed by atoms with Crippen LogP contribution in [0.5, 0.6) is 0 Å². The topological polar surface area (TPSA) is 91.6 Å². The number of carbonyl (C=O) groups excluding carboxylic acids is 1. The molecule has 0 aliphatic heterocycles. The molecule has 3 rings (SSSR count). The zero-order valence-electron chi connectivity index (χ0n) is 16.0. The molecule has 0 aliphatic carbocycles. The molecule has 0 saturated heterocycles. The van der Waals surface area contributed by atoms with Crippen LogP contribution in [0.2, 0.25) is 0 Å². The van der Waals surface area contributed by atoms with Crippen LogP contribution in [0.15, 0.2) is 59.6 Å². The molecule has 1 aromatic heterocycles. The van der Waals surface area contributed by atoms with Gasteiger partial charge in [-0.25, -0.2) is 12.7 Å². The number of fused-ring (bicyclic) bond motifs is 1. The van der Waals surface area contributed by atoms with Crippen molar-refractivity contribution in [1.82, 2.24) is 14.2 Å².